The molecule has 0 atom stereocenters. The van der Waals surface area contributed by atoms with Crippen molar-refractivity contribution in [1.29, 1.82) is 0 Å². The van der Waals surface area contributed by atoms with Crippen LogP contribution in [0.15, 0.2) is 73.1 Å². The summed E-state index contributed by atoms with van der Waals surface area (Å²) in [6.07, 6.45) is 3.39. The highest BCUT2D eigenvalue weighted by atomic mass is 35.5. The van der Waals surface area contributed by atoms with Crippen molar-refractivity contribution in [3.05, 3.63) is 101 Å². The fourth-order valence-electron chi connectivity index (χ4n) is 3.48. The van der Waals surface area contributed by atoms with Crippen LogP contribution in [0.2, 0.25) is 5.02 Å². The van der Waals surface area contributed by atoms with Crippen molar-refractivity contribution in [3.63, 3.8) is 0 Å². The lowest BCUT2D eigenvalue weighted by atomic mass is 10.1. The first-order valence-corrected chi connectivity index (χ1v) is 9.84. The summed E-state index contributed by atoms with van der Waals surface area (Å²) in [6.45, 7) is 0. The predicted molar refractivity (Wildman–Crippen MR) is 118 cm³/mol. The molecule has 0 fully saturated rings. The summed E-state index contributed by atoms with van der Waals surface area (Å²) < 4.78 is 12.3. The number of ketones is 2. The van der Waals surface area contributed by atoms with Crippen molar-refractivity contribution in [1.82, 2.24) is 9.55 Å². The maximum atomic E-state index is 13.3. The Balaban J connectivity index is 1.78. The lowest BCUT2D eigenvalue weighted by Crippen LogP contribution is -2.13. The second kappa shape index (κ2) is 8.53. The number of H-pyrrole nitrogens is 1. The minimum absolute atomic E-state index is 0.245. The summed E-state index contributed by atoms with van der Waals surface area (Å²) in [5.74, 6) is 0.369. The minimum Gasteiger partial charge on any atom is -0.496 e. The van der Waals surface area contributed by atoms with Crippen molar-refractivity contribution >= 4 is 23.2 Å². The maximum Gasteiger partial charge on any atom is 0.215 e. The Bertz CT molecular complexity index is 1270. The number of rotatable bonds is 7. The molecule has 4 aromatic rings. The van der Waals surface area contributed by atoms with Gasteiger partial charge in [0, 0.05) is 17.4 Å². The number of ether oxygens (including phenoxy) is 2. The van der Waals surface area contributed by atoms with Gasteiger partial charge < -0.3 is 19.0 Å². The minimum atomic E-state index is -0.277. The zero-order valence-corrected chi connectivity index (χ0v) is 17.6. The van der Waals surface area contributed by atoms with Crippen molar-refractivity contribution in [2.24, 2.45) is 0 Å². The van der Waals surface area contributed by atoms with Gasteiger partial charge in [-0.3, -0.25) is 9.59 Å². The fourth-order valence-corrected chi connectivity index (χ4v) is 3.65. The molecule has 0 radical (unpaired) electrons. The Morgan fingerprint density at radius 1 is 0.871 bits per heavy atom. The molecule has 2 aromatic carbocycles. The van der Waals surface area contributed by atoms with Crippen LogP contribution in [0.5, 0.6) is 11.5 Å². The predicted octanol–water partition coefficient (Wildman–Crippen LogP) is 4.94. The Labute approximate surface area is 184 Å². The second-order valence-corrected chi connectivity index (χ2v) is 7.14. The molecule has 0 saturated heterocycles. The Kier molecular flexibility index (Phi) is 5.64. The Morgan fingerprint density at radius 3 is 2.39 bits per heavy atom. The maximum absolute atomic E-state index is 13.3. The van der Waals surface area contributed by atoms with E-state index in [1.807, 2.05) is 0 Å². The van der Waals surface area contributed by atoms with Crippen LogP contribution < -0.4 is 9.47 Å². The number of hydrogen-bond acceptors (Lipinski definition) is 4. The van der Waals surface area contributed by atoms with Gasteiger partial charge in [-0.05, 0) is 48.5 Å². The molecule has 6 nitrogen and oxygen atoms in total. The molecule has 0 unspecified atom stereocenters. The van der Waals surface area contributed by atoms with E-state index in [0.29, 0.717) is 44.7 Å². The van der Waals surface area contributed by atoms with E-state index in [2.05, 4.69) is 4.98 Å². The second-order valence-electron chi connectivity index (χ2n) is 6.70. The smallest absolute Gasteiger partial charge is 0.215 e. The number of benzene rings is 2. The first-order valence-electron chi connectivity index (χ1n) is 9.46. The van der Waals surface area contributed by atoms with E-state index in [4.69, 9.17) is 21.1 Å². The van der Waals surface area contributed by atoms with Gasteiger partial charge in [-0.1, -0.05) is 23.7 Å². The third-order valence-electron chi connectivity index (χ3n) is 4.95. The van der Waals surface area contributed by atoms with Crippen LogP contribution in [0.4, 0.5) is 0 Å². The van der Waals surface area contributed by atoms with E-state index in [0.717, 1.165) is 0 Å². The molecule has 7 heteroatoms. The average molecular weight is 435 g/mol. The van der Waals surface area contributed by atoms with Gasteiger partial charge in [0.2, 0.25) is 11.6 Å². The number of hydrogen-bond donors (Lipinski definition) is 1. The number of aromatic amines is 1. The van der Waals surface area contributed by atoms with E-state index in [1.54, 1.807) is 77.6 Å². The molecule has 2 aromatic heterocycles. The molecule has 0 aliphatic heterocycles. The van der Waals surface area contributed by atoms with Crippen LogP contribution in [0.3, 0.4) is 0 Å². The van der Waals surface area contributed by atoms with Crippen molar-refractivity contribution in [3.8, 4) is 17.2 Å². The molecule has 0 aliphatic carbocycles. The van der Waals surface area contributed by atoms with Crippen LogP contribution in [0.1, 0.15) is 32.1 Å². The molecule has 1 N–H and O–H groups in total. The largest absolute Gasteiger partial charge is 0.496 e. The Morgan fingerprint density at radius 2 is 1.61 bits per heavy atom. The lowest BCUT2D eigenvalue weighted by Gasteiger charge is -2.12. The molecular formula is C24H19ClN2O4. The van der Waals surface area contributed by atoms with Crippen LogP contribution in [-0.2, 0) is 0 Å². The Hall–Kier alpha value is -3.77. The molecule has 0 spiro atoms. The van der Waals surface area contributed by atoms with Crippen LogP contribution in [-0.4, -0.2) is 35.3 Å². The SMILES string of the molecule is COc1ccccc1C(=O)c1[nH]ccc1-n1cccc1C(=O)c1cc(Cl)ccc1OC. The number of aromatic nitrogens is 2. The highest BCUT2D eigenvalue weighted by molar-refractivity contribution is 6.31. The number of halogens is 1. The summed E-state index contributed by atoms with van der Waals surface area (Å²) >= 11 is 6.11. The van der Waals surface area contributed by atoms with Crippen molar-refractivity contribution < 1.29 is 19.1 Å². The number of carbonyl (C=O) groups excluding carboxylic acids is 2. The van der Waals surface area contributed by atoms with E-state index < -0.39 is 0 Å². The fraction of sp³-hybridized carbons (Fsp3) is 0.0833. The van der Waals surface area contributed by atoms with Crippen LogP contribution >= 0.6 is 11.6 Å². The standard InChI is InChI=1S/C24H19ClN2O4/c1-30-20-8-4-3-6-16(20)24(29)22-18(11-12-26-22)27-13-5-7-19(27)23(28)17-14-15(25)9-10-21(17)31-2/h3-14,26H,1-2H3. The van der Waals surface area contributed by atoms with Crippen LogP contribution in [0, 0.1) is 0 Å². The van der Waals surface area contributed by atoms with Gasteiger partial charge in [0.15, 0.2) is 0 Å². The van der Waals surface area contributed by atoms with Crippen molar-refractivity contribution in [2.45, 2.75) is 0 Å². The summed E-state index contributed by atoms with van der Waals surface area (Å²) in [4.78, 5) is 29.6. The molecule has 2 heterocycles. The van der Waals surface area contributed by atoms with Gasteiger partial charge in [-0.2, -0.15) is 0 Å². The summed E-state index contributed by atoms with van der Waals surface area (Å²) in [5.41, 5.74) is 2.01. The van der Waals surface area contributed by atoms with Gasteiger partial charge in [0.25, 0.3) is 0 Å². The molecule has 0 amide bonds. The molecule has 156 valence electrons. The third-order valence-corrected chi connectivity index (χ3v) is 5.19. The van der Waals surface area contributed by atoms with E-state index in [-0.39, 0.29) is 11.6 Å². The summed E-state index contributed by atoms with van der Waals surface area (Å²) in [5, 5.41) is 0.427. The van der Waals surface area contributed by atoms with Gasteiger partial charge in [0.1, 0.15) is 17.2 Å². The normalized spacial score (nSPS) is 10.7. The van der Waals surface area contributed by atoms with Gasteiger partial charge >= 0.3 is 0 Å². The zero-order chi connectivity index (χ0) is 22.0. The van der Waals surface area contributed by atoms with E-state index in [9.17, 15) is 9.59 Å². The zero-order valence-electron chi connectivity index (χ0n) is 16.9. The number of nitrogens with zero attached hydrogens (tertiary/aromatic N) is 1. The molecule has 0 aliphatic rings. The topological polar surface area (TPSA) is 73.3 Å². The highest BCUT2D eigenvalue weighted by Gasteiger charge is 2.23. The van der Waals surface area contributed by atoms with Gasteiger partial charge in [0.05, 0.1) is 36.7 Å². The monoisotopic (exact) mass is 434 g/mol. The number of carbonyl (C=O) groups is 2. The lowest BCUT2D eigenvalue weighted by molar-refractivity contribution is 0.101. The first kappa shape index (κ1) is 20.5. The van der Waals surface area contributed by atoms with E-state index in [1.165, 1.54) is 14.2 Å². The first-order chi connectivity index (χ1) is 15.0. The number of methoxy groups -OCH3 is 2. The third kappa shape index (κ3) is 3.73. The molecule has 31 heavy (non-hydrogen) atoms. The highest BCUT2D eigenvalue weighted by Crippen LogP contribution is 2.28. The average Bonchev–Trinajstić information content (AvgIpc) is 3.47. The van der Waals surface area contributed by atoms with Crippen molar-refractivity contribution in [2.75, 3.05) is 14.2 Å². The molecule has 0 saturated carbocycles. The number of para-hydroxylation sites is 1. The van der Waals surface area contributed by atoms with Crippen LogP contribution in [0.25, 0.3) is 5.69 Å². The molecule has 4 rings (SSSR count). The molecular weight excluding hydrogens is 416 g/mol. The quantitative estimate of drug-likeness (QED) is 0.418. The number of nitrogens with one attached hydrogen (secondary N) is 1. The van der Waals surface area contributed by atoms with Gasteiger partial charge in [-0.25, -0.2) is 0 Å². The van der Waals surface area contributed by atoms with Gasteiger partial charge in [-0.15, -0.1) is 0 Å². The summed E-state index contributed by atoms with van der Waals surface area (Å²) in [7, 11) is 3.01. The summed E-state index contributed by atoms with van der Waals surface area (Å²) in [6, 6.07) is 17.0. The molecule has 0 bridgehead atoms. The van der Waals surface area contributed by atoms with E-state index >= 15 is 0 Å².